The lowest BCUT2D eigenvalue weighted by Gasteiger charge is -2.20. The number of nitrogens with one attached hydrogen (secondary N) is 1. The molecule has 0 unspecified atom stereocenters. The maximum Gasteiger partial charge on any atom is 0.261 e. The minimum atomic E-state index is -0.280. The molecule has 1 aromatic heterocycles. The van der Waals surface area contributed by atoms with Crippen molar-refractivity contribution in [1.82, 2.24) is 4.98 Å². The van der Waals surface area contributed by atoms with E-state index >= 15 is 0 Å². The number of hydrogen-bond donors (Lipinski definition) is 1. The van der Waals surface area contributed by atoms with E-state index in [2.05, 4.69) is 10.3 Å². The van der Waals surface area contributed by atoms with Crippen LogP contribution in [0.25, 0.3) is 10.2 Å². The fraction of sp³-hybridized carbons (Fsp3) is 0.125. The third kappa shape index (κ3) is 2.71. The standard InChI is InChI=1S/C16H11ClN2O3S/c17-9-4-5-11-13(8-9)23-16(18-11)19-15(20)10-2-1-3-12-14(10)22-7-6-21-12/h1-5,8H,6-7H2,(H,18,19,20). The van der Waals surface area contributed by atoms with Gasteiger partial charge in [0, 0.05) is 5.02 Å². The van der Waals surface area contributed by atoms with Crippen LogP contribution in [-0.2, 0) is 0 Å². The molecule has 0 fully saturated rings. The Morgan fingerprint density at radius 1 is 1.22 bits per heavy atom. The molecular formula is C16H11ClN2O3S. The number of hydrogen-bond acceptors (Lipinski definition) is 5. The Labute approximate surface area is 140 Å². The Bertz CT molecular complexity index is 909. The van der Waals surface area contributed by atoms with Crippen molar-refractivity contribution in [2.24, 2.45) is 0 Å². The summed E-state index contributed by atoms with van der Waals surface area (Å²) in [7, 11) is 0. The van der Waals surface area contributed by atoms with E-state index in [-0.39, 0.29) is 5.91 Å². The van der Waals surface area contributed by atoms with Crippen LogP contribution >= 0.6 is 22.9 Å². The summed E-state index contributed by atoms with van der Waals surface area (Å²) in [5.74, 6) is 0.776. The van der Waals surface area contributed by atoms with Crippen molar-refractivity contribution >= 4 is 44.2 Å². The van der Waals surface area contributed by atoms with Crippen molar-refractivity contribution in [2.45, 2.75) is 0 Å². The molecule has 0 radical (unpaired) electrons. The lowest BCUT2D eigenvalue weighted by molar-refractivity contribution is 0.101. The van der Waals surface area contributed by atoms with Crippen molar-refractivity contribution in [2.75, 3.05) is 18.5 Å². The number of para-hydroxylation sites is 1. The van der Waals surface area contributed by atoms with Crippen molar-refractivity contribution in [3.63, 3.8) is 0 Å². The maximum absolute atomic E-state index is 12.5. The van der Waals surface area contributed by atoms with Gasteiger partial charge < -0.3 is 9.47 Å². The molecule has 1 aliphatic heterocycles. The first-order chi connectivity index (χ1) is 11.2. The van der Waals surface area contributed by atoms with Gasteiger partial charge >= 0.3 is 0 Å². The highest BCUT2D eigenvalue weighted by molar-refractivity contribution is 7.22. The number of carbonyl (C=O) groups is 1. The van der Waals surface area contributed by atoms with Gasteiger partial charge in [-0.05, 0) is 30.3 Å². The van der Waals surface area contributed by atoms with Crippen LogP contribution < -0.4 is 14.8 Å². The summed E-state index contributed by atoms with van der Waals surface area (Å²) in [6.45, 7) is 0.910. The Morgan fingerprint density at radius 3 is 3.00 bits per heavy atom. The SMILES string of the molecule is O=C(Nc1nc2ccc(Cl)cc2s1)c1cccc2c1OCCO2. The first kappa shape index (κ1) is 14.3. The van der Waals surface area contributed by atoms with Crippen LogP contribution in [0.1, 0.15) is 10.4 Å². The van der Waals surface area contributed by atoms with Gasteiger partial charge in [-0.3, -0.25) is 10.1 Å². The van der Waals surface area contributed by atoms with Gasteiger partial charge in [-0.15, -0.1) is 0 Å². The highest BCUT2D eigenvalue weighted by atomic mass is 35.5. The molecule has 0 aliphatic carbocycles. The number of carbonyl (C=O) groups excluding carboxylic acids is 1. The molecule has 0 saturated heterocycles. The van der Waals surface area contributed by atoms with Crippen LogP contribution in [0.2, 0.25) is 5.02 Å². The number of halogens is 1. The number of rotatable bonds is 2. The van der Waals surface area contributed by atoms with E-state index in [1.54, 1.807) is 24.3 Å². The minimum absolute atomic E-state index is 0.280. The van der Waals surface area contributed by atoms with Crippen LogP contribution in [0.3, 0.4) is 0 Å². The van der Waals surface area contributed by atoms with Crippen LogP contribution in [0.15, 0.2) is 36.4 Å². The molecular weight excluding hydrogens is 336 g/mol. The summed E-state index contributed by atoms with van der Waals surface area (Å²) in [5, 5.41) is 3.96. The summed E-state index contributed by atoms with van der Waals surface area (Å²) >= 11 is 7.34. The van der Waals surface area contributed by atoms with E-state index in [0.29, 0.717) is 40.4 Å². The second kappa shape index (κ2) is 5.72. The summed E-state index contributed by atoms with van der Waals surface area (Å²) in [6, 6.07) is 10.7. The van der Waals surface area contributed by atoms with E-state index in [4.69, 9.17) is 21.1 Å². The second-order valence-corrected chi connectivity index (χ2v) is 6.38. The molecule has 1 N–H and O–H groups in total. The second-order valence-electron chi connectivity index (χ2n) is 4.91. The van der Waals surface area contributed by atoms with E-state index < -0.39 is 0 Å². The van der Waals surface area contributed by atoms with Gasteiger partial charge in [0.25, 0.3) is 5.91 Å². The van der Waals surface area contributed by atoms with Crippen LogP contribution in [-0.4, -0.2) is 24.1 Å². The van der Waals surface area contributed by atoms with Gasteiger partial charge in [0.2, 0.25) is 0 Å². The Kier molecular flexibility index (Phi) is 3.55. The molecule has 0 spiro atoms. The third-order valence-corrected chi connectivity index (χ3v) is 4.55. The van der Waals surface area contributed by atoms with Crippen molar-refractivity contribution in [3.05, 3.63) is 47.0 Å². The number of benzene rings is 2. The normalized spacial score (nSPS) is 13.1. The van der Waals surface area contributed by atoms with Crippen molar-refractivity contribution in [1.29, 1.82) is 0 Å². The molecule has 0 saturated carbocycles. The van der Waals surface area contributed by atoms with Gasteiger partial charge in [0.05, 0.1) is 15.8 Å². The highest BCUT2D eigenvalue weighted by Crippen LogP contribution is 2.34. The molecule has 1 amide bonds. The van der Waals surface area contributed by atoms with Gasteiger partial charge in [-0.1, -0.05) is 29.0 Å². The molecule has 2 heterocycles. The quantitative estimate of drug-likeness (QED) is 0.762. The fourth-order valence-electron chi connectivity index (χ4n) is 2.37. The fourth-order valence-corrected chi connectivity index (χ4v) is 3.51. The molecule has 0 atom stereocenters. The largest absolute Gasteiger partial charge is 0.486 e. The minimum Gasteiger partial charge on any atom is -0.486 e. The molecule has 3 aromatic rings. The van der Waals surface area contributed by atoms with Crippen molar-refractivity contribution in [3.8, 4) is 11.5 Å². The number of amides is 1. The van der Waals surface area contributed by atoms with E-state index in [9.17, 15) is 4.79 Å². The smallest absolute Gasteiger partial charge is 0.261 e. The average Bonchev–Trinajstić information content (AvgIpc) is 2.95. The number of anilines is 1. The monoisotopic (exact) mass is 346 g/mol. The number of thiazole rings is 1. The van der Waals surface area contributed by atoms with Gasteiger partial charge in [0.1, 0.15) is 13.2 Å². The summed E-state index contributed by atoms with van der Waals surface area (Å²) in [5.41, 5.74) is 1.23. The molecule has 4 rings (SSSR count). The number of ether oxygens (including phenoxy) is 2. The van der Waals surface area contributed by atoms with Gasteiger partial charge in [0.15, 0.2) is 16.6 Å². The number of nitrogens with zero attached hydrogens (tertiary/aromatic N) is 1. The maximum atomic E-state index is 12.5. The molecule has 116 valence electrons. The zero-order valence-electron chi connectivity index (χ0n) is 11.8. The summed E-state index contributed by atoms with van der Waals surface area (Å²) < 4.78 is 12.0. The van der Waals surface area contributed by atoms with Gasteiger partial charge in [-0.25, -0.2) is 4.98 Å². The van der Waals surface area contributed by atoms with Crippen molar-refractivity contribution < 1.29 is 14.3 Å². The highest BCUT2D eigenvalue weighted by Gasteiger charge is 2.21. The molecule has 1 aliphatic rings. The third-order valence-electron chi connectivity index (χ3n) is 3.38. The van der Waals surface area contributed by atoms with Crippen LogP contribution in [0, 0.1) is 0 Å². The van der Waals surface area contributed by atoms with E-state index in [1.165, 1.54) is 11.3 Å². The zero-order valence-corrected chi connectivity index (χ0v) is 13.4. The topological polar surface area (TPSA) is 60.5 Å². The predicted molar refractivity (Wildman–Crippen MR) is 90.0 cm³/mol. The number of fused-ring (bicyclic) bond motifs is 2. The zero-order chi connectivity index (χ0) is 15.8. The van der Waals surface area contributed by atoms with E-state index in [1.807, 2.05) is 12.1 Å². The average molecular weight is 347 g/mol. The first-order valence-corrected chi connectivity index (χ1v) is 8.16. The van der Waals surface area contributed by atoms with Crippen LogP contribution in [0.5, 0.6) is 11.5 Å². The Morgan fingerprint density at radius 2 is 2.09 bits per heavy atom. The van der Waals surface area contributed by atoms with Gasteiger partial charge in [-0.2, -0.15) is 0 Å². The molecule has 2 aromatic carbocycles. The van der Waals surface area contributed by atoms with Crippen LogP contribution in [0.4, 0.5) is 5.13 Å². The molecule has 5 nitrogen and oxygen atoms in total. The predicted octanol–water partition coefficient (Wildman–Crippen LogP) is 3.97. The number of aromatic nitrogens is 1. The Hall–Kier alpha value is -2.31. The lowest BCUT2D eigenvalue weighted by Crippen LogP contribution is -2.20. The van der Waals surface area contributed by atoms with E-state index in [0.717, 1.165) is 10.2 Å². The summed E-state index contributed by atoms with van der Waals surface area (Å²) in [4.78, 5) is 16.9. The molecule has 0 bridgehead atoms. The molecule has 7 heteroatoms. The lowest BCUT2D eigenvalue weighted by atomic mass is 10.1. The Balaban J connectivity index is 1.64. The first-order valence-electron chi connectivity index (χ1n) is 6.97. The molecule has 23 heavy (non-hydrogen) atoms. The summed E-state index contributed by atoms with van der Waals surface area (Å²) in [6.07, 6.45) is 0.